The van der Waals surface area contributed by atoms with Crippen LogP contribution in [0.5, 0.6) is 0 Å². The summed E-state index contributed by atoms with van der Waals surface area (Å²) < 4.78 is 12.9. The Morgan fingerprint density at radius 2 is 1.47 bits per heavy atom. The van der Waals surface area contributed by atoms with Gasteiger partial charge in [-0.1, -0.05) is 80.1 Å². The smallest absolute Gasteiger partial charge is 0.201 e. The topological polar surface area (TPSA) is 35.5 Å². The first-order valence-electron chi connectivity index (χ1n) is 12.3. The fraction of sp³-hybridized carbons (Fsp3) is 0.808. The molecule has 4 heteroatoms. The first-order chi connectivity index (χ1) is 14.1. The molecule has 2 atom stereocenters. The van der Waals surface area contributed by atoms with E-state index >= 15 is 0 Å². The molecule has 0 unspecified atom stereocenters. The number of Topliss-reactive ketones (excluding diaryl/α,β-unsaturated/α-hetero) is 1. The zero-order valence-electron chi connectivity index (χ0n) is 20.8. The Morgan fingerprint density at radius 1 is 0.933 bits per heavy atom. The molecule has 2 bridgehead atoms. The molecule has 2 rings (SSSR count). The van der Waals surface area contributed by atoms with Crippen molar-refractivity contribution in [3.63, 3.8) is 0 Å². The quantitative estimate of drug-likeness (QED) is 0.401. The average Bonchev–Trinajstić information content (AvgIpc) is 2.67. The van der Waals surface area contributed by atoms with Gasteiger partial charge in [0.2, 0.25) is 8.32 Å². The number of carbonyl (C=O) groups is 1. The first kappa shape index (κ1) is 25.4. The molecule has 2 aliphatic carbocycles. The molecule has 0 aromatic heterocycles. The lowest BCUT2D eigenvalue weighted by molar-refractivity contribution is -0.123. The summed E-state index contributed by atoms with van der Waals surface area (Å²) in [6.07, 6.45) is 13.0. The lowest BCUT2D eigenvalue weighted by Crippen LogP contribution is -2.51. The van der Waals surface area contributed by atoms with Crippen LogP contribution in [0.2, 0.25) is 16.6 Å². The molecule has 0 N–H and O–H groups in total. The molecule has 0 aromatic rings. The second-order valence-electron chi connectivity index (χ2n) is 10.7. The summed E-state index contributed by atoms with van der Waals surface area (Å²) in [7, 11) is -0.388. The van der Waals surface area contributed by atoms with E-state index in [2.05, 4.69) is 54.5 Å². The summed E-state index contributed by atoms with van der Waals surface area (Å²) in [5.74, 6) is 1.08. The minimum atomic E-state index is -2.10. The highest BCUT2D eigenvalue weighted by molar-refractivity contribution is 6.77. The van der Waals surface area contributed by atoms with Crippen LogP contribution in [-0.2, 0) is 14.0 Å². The third kappa shape index (κ3) is 5.30. The fourth-order valence-corrected chi connectivity index (χ4v) is 11.5. The van der Waals surface area contributed by atoms with E-state index in [1.165, 1.54) is 25.7 Å². The molecule has 2 aliphatic rings. The predicted molar refractivity (Wildman–Crippen MR) is 129 cm³/mol. The van der Waals surface area contributed by atoms with Crippen molar-refractivity contribution in [2.24, 2.45) is 5.41 Å². The van der Waals surface area contributed by atoms with Crippen LogP contribution in [0, 0.1) is 5.41 Å². The van der Waals surface area contributed by atoms with E-state index in [9.17, 15) is 4.79 Å². The van der Waals surface area contributed by atoms with Gasteiger partial charge in [-0.3, -0.25) is 4.79 Å². The van der Waals surface area contributed by atoms with Crippen molar-refractivity contribution in [1.29, 1.82) is 0 Å². The second kappa shape index (κ2) is 10.6. The van der Waals surface area contributed by atoms with Gasteiger partial charge in [0.15, 0.2) is 5.78 Å². The minimum absolute atomic E-state index is 0.117. The number of allylic oxidation sites excluding steroid dienone is 2. The molecular formula is C26H46O3Si. The van der Waals surface area contributed by atoms with Crippen molar-refractivity contribution in [3.8, 4) is 0 Å². The van der Waals surface area contributed by atoms with Gasteiger partial charge in [-0.05, 0) is 48.5 Å². The first-order valence-corrected chi connectivity index (χ1v) is 14.4. The Morgan fingerprint density at radius 3 is 2.00 bits per heavy atom. The predicted octanol–water partition coefficient (Wildman–Crippen LogP) is 7.73. The molecule has 1 saturated carbocycles. The van der Waals surface area contributed by atoms with E-state index in [4.69, 9.17) is 9.16 Å². The zero-order chi connectivity index (χ0) is 22.5. The number of fused-ring (bicyclic) bond motifs is 2. The molecule has 0 heterocycles. The average molecular weight is 435 g/mol. The van der Waals surface area contributed by atoms with Crippen LogP contribution in [-0.4, -0.2) is 27.3 Å². The highest BCUT2D eigenvalue weighted by Gasteiger charge is 2.48. The molecule has 0 amide bonds. The van der Waals surface area contributed by atoms with Crippen molar-refractivity contribution in [3.05, 3.63) is 23.5 Å². The second-order valence-corrected chi connectivity index (χ2v) is 16.1. The van der Waals surface area contributed by atoms with E-state index in [1.54, 1.807) is 7.11 Å². The number of carbonyl (C=O) groups excluding carboxylic acids is 1. The normalized spacial score (nSPS) is 26.9. The van der Waals surface area contributed by atoms with Gasteiger partial charge in [-0.25, -0.2) is 0 Å². The van der Waals surface area contributed by atoms with Crippen LogP contribution in [0.25, 0.3) is 0 Å². The van der Waals surface area contributed by atoms with E-state index in [-0.39, 0.29) is 11.9 Å². The number of hydrogen-bond acceptors (Lipinski definition) is 3. The number of ether oxygens (including phenoxy) is 1. The van der Waals surface area contributed by atoms with Crippen LogP contribution in [0.15, 0.2) is 23.5 Å². The summed E-state index contributed by atoms with van der Waals surface area (Å²) in [6.45, 7) is 16.0. The minimum Gasteiger partial charge on any atom is -0.497 e. The van der Waals surface area contributed by atoms with Gasteiger partial charge in [-0.15, -0.1) is 0 Å². The fourth-order valence-electron chi connectivity index (χ4n) is 5.97. The summed E-state index contributed by atoms with van der Waals surface area (Å²) >= 11 is 0. The summed E-state index contributed by atoms with van der Waals surface area (Å²) in [5.41, 5.74) is 1.88. The summed E-state index contributed by atoms with van der Waals surface area (Å²) in [4.78, 5) is 13.8. The molecule has 0 spiro atoms. The molecule has 0 saturated heterocycles. The van der Waals surface area contributed by atoms with Gasteiger partial charge >= 0.3 is 0 Å². The Balaban J connectivity index is 2.51. The number of hydrogen-bond donors (Lipinski definition) is 0. The maximum atomic E-state index is 13.8. The van der Waals surface area contributed by atoms with Crippen molar-refractivity contribution in [2.45, 2.75) is 123 Å². The standard InChI is InChI=1S/C26H46O3Si/c1-19(2)30(20(3)4,21(5)6)29-24-15-13-11-9-10-12-14-16-26(7)18-22(28-8)17-23(24)25(26)27/h17-21,24H,9-16H2,1-8H3/t24-,26+/m0/s1. The molecule has 3 nitrogen and oxygen atoms in total. The SMILES string of the molecule is COC1=C[C@@]2(C)CCCCCCCC[C@H](O[Si](C(C)C)(C(C)C)C(C)C)C(=C1)C2=O. The molecular weight excluding hydrogens is 388 g/mol. The van der Waals surface area contributed by atoms with Crippen molar-refractivity contribution in [1.82, 2.24) is 0 Å². The third-order valence-electron chi connectivity index (χ3n) is 7.59. The molecule has 0 aromatic carbocycles. The molecule has 172 valence electrons. The van der Waals surface area contributed by atoms with Crippen molar-refractivity contribution in [2.75, 3.05) is 7.11 Å². The van der Waals surface area contributed by atoms with Gasteiger partial charge in [-0.2, -0.15) is 0 Å². The van der Waals surface area contributed by atoms with Crippen LogP contribution in [0.4, 0.5) is 0 Å². The van der Waals surface area contributed by atoms with E-state index in [0.717, 1.165) is 37.0 Å². The van der Waals surface area contributed by atoms with Crippen LogP contribution >= 0.6 is 0 Å². The Hall–Kier alpha value is -0.873. The Bertz CT molecular complexity index is 625. The maximum Gasteiger partial charge on any atom is 0.201 e. The summed E-state index contributed by atoms with van der Waals surface area (Å²) in [6, 6.07) is 0. The van der Waals surface area contributed by atoms with Gasteiger partial charge in [0.25, 0.3) is 0 Å². The van der Waals surface area contributed by atoms with Gasteiger partial charge in [0.05, 0.1) is 18.6 Å². The van der Waals surface area contributed by atoms with Crippen molar-refractivity contribution < 1.29 is 14.0 Å². The number of rotatable bonds is 6. The number of ketones is 1. The highest BCUT2D eigenvalue weighted by atomic mass is 28.4. The van der Waals surface area contributed by atoms with E-state index in [0.29, 0.717) is 16.6 Å². The lowest BCUT2D eigenvalue weighted by Gasteiger charge is -2.46. The number of methoxy groups -OCH3 is 1. The van der Waals surface area contributed by atoms with Gasteiger partial charge in [0, 0.05) is 5.57 Å². The zero-order valence-corrected chi connectivity index (χ0v) is 21.8. The van der Waals surface area contributed by atoms with E-state index in [1.807, 2.05) is 6.08 Å². The maximum absolute atomic E-state index is 13.8. The summed E-state index contributed by atoms with van der Waals surface area (Å²) in [5, 5.41) is 0. The third-order valence-corrected chi connectivity index (χ3v) is 13.7. The highest BCUT2D eigenvalue weighted by Crippen LogP contribution is 2.46. The molecule has 0 radical (unpaired) electrons. The molecule has 0 aliphatic heterocycles. The van der Waals surface area contributed by atoms with Crippen LogP contribution in [0.1, 0.15) is 99.8 Å². The van der Waals surface area contributed by atoms with Crippen LogP contribution < -0.4 is 0 Å². The largest absolute Gasteiger partial charge is 0.497 e. The van der Waals surface area contributed by atoms with Crippen LogP contribution in [0.3, 0.4) is 0 Å². The van der Waals surface area contributed by atoms with Gasteiger partial charge in [0.1, 0.15) is 5.76 Å². The molecule has 1 fully saturated rings. The molecule has 30 heavy (non-hydrogen) atoms. The van der Waals surface area contributed by atoms with E-state index < -0.39 is 13.7 Å². The monoisotopic (exact) mass is 434 g/mol. The lowest BCUT2D eigenvalue weighted by atomic mass is 9.73. The Labute approximate surface area is 186 Å². The van der Waals surface area contributed by atoms with Gasteiger partial charge < -0.3 is 9.16 Å². The Kier molecular flexibility index (Phi) is 9.00. The van der Waals surface area contributed by atoms with Crippen molar-refractivity contribution >= 4 is 14.1 Å².